The monoisotopic (exact) mass is 263 g/mol. The van der Waals surface area contributed by atoms with Crippen molar-refractivity contribution in [2.24, 2.45) is 0 Å². The van der Waals surface area contributed by atoms with Crippen molar-refractivity contribution >= 4 is 5.82 Å². The maximum absolute atomic E-state index is 10.3. The van der Waals surface area contributed by atoms with Gasteiger partial charge in [-0.15, -0.1) is 0 Å². The van der Waals surface area contributed by atoms with E-state index in [9.17, 15) is 5.11 Å². The van der Waals surface area contributed by atoms with Gasteiger partial charge < -0.3 is 14.7 Å². The first kappa shape index (κ1) is 12.8. The maximum atomic E-state index is 10.3. The van der Waals surface area contributed by atoms with Gasteiger partial charge in [0.25, 0.3) is 0 Å². The third-order valence-electron chi connectivity index (χ3n) is 4.06. The fourth-order valence-electron chi connectivity index (χ4n) is 3.02. The Morgan fingerprint density at radius 2 is 2.11 bits per heavy atom. The standard InChI is InChI=1S/C14H21N3O2/c1-11-3-2-4-15-14(11)17-9-12(13(18)10-17)16-5-7-19-8-6-16/h2-4,12-13,18H,5-10H2,1H3/t12-,13-/m0/s1. The SMILES string of the molecule is Cc1cccnc1N1C[C@H](O)[C@@H](N2CCOCC2)C1. The van der Waals surface area contributed by atoms with Crippen molar-refractivity contribution in [1.29, 1.82) is 0 Å². The quantitative estimate of drug-likeness (QED) is 0.830. The normalized spacial score (nSPS) is 28.8. The number of aliphatic hydroxyl groups is 1. The van der Waals surface area contributed by atoms with E-state index in [1.54, 1.807) is 0 Å². The second-order valence-corrected chi connectivity index (χ2v) is 5.33. The number of aliphatic hydroxyl groups excluding tert-OH is 1. The fraction of sp³-hybridized carbons (Fsp3) is 0.643. The second-order valence-electron chi connectivity index (χ2n) is 5.33. The van der Waals surface area contributed by atoms with Crippen LogP contribution in [0.25, 0.3) is 0 Å². The van der Waals surface area contributed by atoms with Gasteiger partial charge in [0.1, 0.15) is 5.82 Å². The summed E-state index contributed by atoms with van der Waals surface area (Å²) in [7, 11) is 0. The molecular weight excluding hydrogens is 242 g/mol. The molecule has 2 atom stereocenters. The Kier molecular flexibility index (Phi) is 3.68. The zero-order chi connectivity index (χ0) is 13.2. The minimum Gasteiger partial charge on any atom is -0.390 e. The van der Waals surface area contributed by atoms with Gasteiger partial charge in [-0.25, -0.2) is 4.98 Å². The van der Waals surface area contributed by atoms with Crippen molar-refractivity contribution in [3.05, 3.63) is 23.9 Å². The minimum absolute atomic E-state index is 0.199. The van der Waals surface area contributed by atoms with E-state index in [2.05, 4.69) is 27.8 Å². The summed E-state index contributed by atoms with van der Waals surface area (Å²) < 4.78 is 5.38. The third-order valence-corrected chi connectivity index (χ3v) is 4.06. The molecule has 5 heteroatoms. The number of anilines is 1. The van der Waals surface area contributed by atoms with Crippen LogP contribution in [-0.4, -0.2) is 66.5 Å². The fourth-order valence-corrected chi connectivity index (χ4v) is 3.02. The zero-order valence-electron chi connectivity index (χ0n) is 11.3. The van der Waals surface area contributed by atoms with Crippen LogP contribution in [0.5, 0.6) is 0 Å². The number of morpholine rings is 1. The first-order chi connectivity index (χ1) is 9.25. The summed E-state index contributed by atoms with van der Waals surface area (Å²) in [6.07, 6.45) is 1.51. The molecule has 1 aromatic heterocycles. The molecule has 2 aliphatic rings. The average Bonchev–Trinajstić information content (AvgIpc) is 2.82. The first-order valence-electron chi connectivity index (χ1n) is 6.92. The molecule has 0 bridgehead atoms. The molecule has 3 rings (SSSR count). The van der Waals surface area contributed by atoms with E-state index in [1.807, 2.05) is 12.3 Å². The van der Waals surface area contributed by atoms with Gasteiger partial charge in [-0.05, 0) is 18.6 Å². The number of rotatable bonds is 2. The average molecular weight is 263 g/mol. The molecule has 0 amide bonds. The molecule has 0 unspecified atom stereocenters. The number of hydrogen-bond acceptors (Lipinski definition) is 5. The zero-order valence-corrected chi connectivity index (χ0v) is 11.3. The van der Waals surface area contributed by atoms with Gasteiger partial charge in [0, 0.05) is 32.4 Å². The van der Waals surface area contributed by atoms with Crippen molar-refractivity contribution in [2.75, 3.05) is 44.3 Å². The van der Waals surface area contributed by atoms with Crippen molar-refractivity contribution in [1.82, 2.24) is 9.88 Å². The number of aromatic nitrogens is 1. The summed E-state index contributed by atoms with van der Waals surface area (Å²) in [4.78, 5) is 8.98. The highest BCUT2D eigenvalue weighted by Gasteiger charge is 2.36. The lowest BCUT2D eigenvalue weighted by atomic mass is 10.1. The van der Waals surface area contributed by atoms with E-state index < -0.39 is 0 Å². The van der Waals surface area contributed by atoms with Crippen molar-refractivity contribution < 1.29 is 9.84 Å². The van der Waals surface area contributed by atoms with Gasteiger partial charge in [0.2, 0.25) is 0 Å². The van der Waals surface area contributed by atoms with Crippen LogP contribution >= 0.6 is 0 Å². The van der Waals surface area contributed by atoms with Crippen molar-refractivity contribution in [2.45, 2.75) is 19.1 Å². The Balaban J connectivity index is 1.72. The predicted octanol–water partition coefficient (Wildman–Crippen LogP) is 0.272. The van der Waals surface area contributed by atoms with E-state index >= 15 is 0 Å². The van der Waals surface area contributed by atoms with Gasteiger partial charge >= 0.3 is 0 Å². The molecule has 0 aliphatic carbocycles. The summed E-state index contributed by atoms with van der Waals surface area (Å²) in [6.45, 7) is 6.95. The number of aryl methyl sites for hydroxylation is 1. The molecule has 1 N–H and O–H groups in total. The number of ether oxygens (including phenoxy) is 1. The van der Waals surface area contributed by atoms with Crippen LogP contribution in [-0.2, 0) is 4.74 Å². The van der Waals surface area contributed by atoms with Crippen LogP contribution < -0.4 is 4.90 Å². The molecule has 0 radical (unpaired) electrons. The molecule has 0 saturated carbocycles. The smallest absolute Gasteiger partial charge is 0.131 e. The van der Waals surface area contributed by atoms with E-state index in [0.29, 0.717) is 6.54 Å². The number of β-amino-alcohol motifs (C(OH)–C–C–N with tert-alkyl or cyclic N) is 1. The van der Waals surface area contributed by atoms with Crippen LogP contribution in [0.4, 0.5) is 5.82 Å². The summed E-state index contributed by atoms with van der Waals surface area (Å²) in [6, 6.07) is 4.21. The van der Waals surface area contributed by atoms with Crippen LogP contribution in [0.1, 0.15) is 5.56 Å². The Bertz CT molecular complexity index is 434. The second kappa shape index (κ2) is 5.45. The predicted molar refractivity (Wildman–Crippen MR) is 73.4 cm³/mol. The third kappa shape index (κ3) is 2.59. The summed E-state index contributed by atoms with van der Waals surface area (Å²) in [5, 5.41) is 10.3. The largest absolute Gasteiger partial charge is 0.390 e. The van der Waals surface area contributed by atoms with Crippen LogP contribution in [0, 0.1) is 6.92 Å². The lowest BCUT2D eigenvalue weighted by Crippen LogP contribution is -2.48. The maximum Gasteiger partial charge on any atom is 0.131 e. The van der Waals surface area contributed by atoms with E-state index in [1.165, 1.54) is 0 Å². The summed E-state index contributed by atoms with van der Waals surface area (Å²) in [5.41, 5.74) is 1.16. The highest BCUT2D eigenvalue weighted by Crippen LogP contribution is 2.24. The van der Waals surface area contributed by atoms with Gasteiger partial charge in [-0.2, -0.15) is 0 Å². The van der Waals surface area contributed by atoms with Crippen LogP contribution in [0.2, 0.25) is 0 Å². The Hall–Kier alpha value is -1.17. The van der Waals surface area contributed by atoms with Gasteiger partial charge in [-0.3, -0.25) is 4.90 Å². The van der Waals surface area contributed by atoms with E-state index in [0.717, 1.165) is 44.2 Å². The molecule has 1 aromatic rings. The van der Waals surface area contributed by atoms with Crippen LogP contribution in [0.15, 0.2) is 18.3 Å². The molecule has 5 nitrogen and oxygen atoms in total. The lowest BCUT2D eigenvalue weighted by molar-refractivity contribution is -0.00588. The Morgan fingerprint density at radius 1 is 1.32 bits per heavy atom. The Labute approximate surface area is 113 Å². The molecule has 2 saturated heterocycles. The minimum atomic E-state index is -0.306. The van der Waals surface area contributed by atoms with Crippen molar-refractivity contribution in [3.8, 4) is 0 Å². The molecule has 19 heavy (non-hydrogen) atoms. The van der Waals surface area contributed by atoms with E-state index in [4.69, 9.17) is 4.74 Å². The van der Waals surface area contributed by atoms with E-state index in [-0.39, 0.29) is 12.1 Å². The molecule has 0 spiro atoms. The van der Waals surface area contributed by atoms with Crippen LogP contribution in [0.3, 0.4) is 0 Å². The molecule has 2 aliphatic heterocycles. The number of nitrogens with zero attached hydrogens (tertiary/aromatic N) is 3. The molecular formula is C14H21N3O2. The first-order valence-corrected chi connectivity index (χ1v) is 6.92. The molecule has 2 fully saturated rings. The van der Waals surface area contributed by atoms with Gasteiger partial charge in [0.15, 0.2) is 0 Å². The summed E-state index contributed by atoms with van der Waals surface area (Å²) in [5.74, 6) is 0.998. The van der Waals surface area contributed by atoms with Gasteiger partial charge in [0.05, 0.1) is 25.4 Å². The lowest BCUT2D eigenvalue weighted by Gasteiger charge is -2.33. The van der Waals surface area contributed by atoms with Gasteiger partial charge in [-0.1, -0.05) is 6.07 Å². The molecule has 3 heterocycles. The number of pyridine rings is 1. The highest BCUT2D eigenvalue weighted by molar-refractivity contribution is 5.47. The summed E-state index contributed by atoms with van der Waals surface area (Å²) >= 11 is 0. The molecule has 104 valence electrons. The highest BCUT2D eigenvalue weighted by atomic mass is 16.5. The van der Waals surface area contributed by atoms with Crippen molar-refractivity contribution in [3.63, 3.8) is 0 Å². The number of hydrogen-bond donors (Lipinski definition) is 1. The molecule has 0 aromatic carbocycles. The Morgan fingerprint density at radius 3 is 2.84 bits per heavy atom. The topological polar surface area (TPSA) is 48.8 Å².